The average Bonchev–Trinajstić information content (AvgIpc) is 2.54. The highest BCUT2D eigenvalue weighted by Gasteiger charge is 2.33. The minimum absolute atomic E-state index is 0.339. The van der Waals surface area contributed by atoms with Crippen molar-refractivity contribution in [2.75, 3.05) is 0 Å². The number of ether oxygens (including phenoxy) is 1. The Balaban J connectivity index is 2.11. The van der Waals surface area contributed by atoms with E-state index in [1.165, 1.54) is 0 Å². The van der Waals surface area contributed by atoms with E-state index in [1.807, 2.05) is 37.3 Å². The normalized spacial score (nSPS) is 12.1. The molecule has 0 aliphatic heterocycles. The van der Waals surface area contributed by atoms with Crippen molar-refractivity contribution in [3.05, 3.63) is 60.2 Å². The van der Waals surface area contributed by atoms with Crippen molar-refractivity contribution in [3.63, 3.8) is 0 Å². The zero-order valence-electron chi connectivity index (χ0n) is 13.2. The van der Waals surface area contributed by atoms with Crippen LogP contribution in [0.2, 0.25) is 0 Å². The Morgan fingerprint density at radius 2 is 1.55 bits per heavy atom. The SMILES string of the molecule is CCC(C)(C)S(=O)(=O)c1ccc(OCc2ccccc2)cc1. The smallest absolute Gasteiger partial charge is 0.183 e. The fourth-order valence-electron chi connectivity index (χ4n) is 1.96. The quantitative estimate of drug-likeness (QED) is 0.800. The van der Waals surface area contributed by atoms with E-state index in [0.717, 1.165) is 5.56 Å². The average molecular weight is 318 g/mol. The Morgan fingerprint density at radius 3 is 2.09 bits per heavy atom. The van der Waals surface area contributed by atoms with Crippen molar-refractivity contribution < 1.29 is 13.2 Å². The lowest BCUT2D eigenvalue weighted by molar-refractivity contribution is 0.306. The van der Waals surface area contributed by atoms with Gasteiger partial charge in [-0.2, -0.15) is 0 Å². The van der Waals surface area contributed by atoms with Gasteiger partial charge in [-0.1, -0.05) is 37.3 Å². The summed E-state index contributed by atoms with van der Waals surface area (Å²) in [5.74, 6) is 0.664. The van der Waals surface area contributed by atoms with Crippen LogP contribution in [0.4, 0.5) is 0 Å². The van der Waals surface area contributed by atoms with Gasteiger partial charge in [0.05, 0.1) is 9.64 Å². The zero-order valence-corrected chi connectivity index (χ0v) is 14.1. The predicted octanol–water partition coefficient (Wildman–Crippen LogP) is 4.23. The molecule has 22 heavy (non-hydrogen) atoms. The molecule has 0 fully saturated rings. The van der Waals surface area contributed by atoms with Gasteiger partial charge < -0.3 is 4.74 Å². The number of benzene rings is 2. The van der Waals surface area contributed by atoms with Crippen molar-refractivity contribution >= 4 is 9.84 Å². The van der Waals surface area contributed by atoms with E-state index in [2.05, 4.69) is 0 Å². The molecule has 118 valence electrons. The topological polar surface area (TPSA) is 43.4 Å². The number of rotatable bonds is 6. The summed E-state index contributed by atoms with van der Waals surface area (Å²) in [5.41, 5.74) is 1.08. The minimum atomic E-state index is -3.33. The van der Waals surface area contributed by atoms with Gasteiger partial charge in [-0.3, -0.25) is 0 Å². The molecule has 0 saturated carbocycles. The van der Waals surface area contributed by atoms with Crippen LogP contribution in [0.25, 0.3) is 0 Å². The van der Waals surface area contributed by atoms with Crippen LogP contribution >= 0.6 is 0 Å². The molecule has 0 aromatic heterocycles. The third-order valence-electron chi connectivity index (χ3n) is 3.96. The van der Waals surface area contributed by atoms with Crippen LogP contribution in [0, 0.1) is 0 Å². The van der Waals surface area contributed by atoms with Gasteiger partial charge in [-0.15, -0.1) is 0 Å². The maximum absolute atomic E-state index is 12.5. The molecule has 2 rings (SSSR count). The maximum Gasteiger partial charge on any atom is 0.183 e. The first-order chi connectivity index (χ1) is 10.4. The van der Waals surface area contributed by atoms with E-state index in [0.29, 0.717) is 23.7 Å². The summed E-state index contributed by atoms with van der Waals surface area (Å²) in [6, 6.07) is 16.5. The first kappa shape index (κ1) is 16.6. The first-order valence-corrected chi connectivity index (χ1v) is 8.86. The Kier molecular flexibility index (Phi) is 4.91. The molecule has 0 aliphatic carbocycles. The molecule has 4 heteroatoms. The summed E-state index contributed by atoms with van der Waals surface area (Å²) >= 11 is 0. The van der Waals surface area contributed by atoms with Crippen LogP contribution in [0.3, 0.4) is 0 Å². The highest BCUT2D eigenvalue weighted by molar-refractivity contribution is 7.92. The van der Waals surface area contributed by atoms with Crippen LogP contribution < -0.4 is 4.74 Å². The summed E-state index contributed by atoms with van der Waals surface area (Å²) in [6.45, 7) is 5.85. The minimum Gasteiger partial charge on any atom is -0.489 e. The molecule has 2 aromatic rings. The molecule has 2 aromatic carbocycles. The summed E-state index contributed by atoms with van der Waals surface area (Å²) in [4.78, 5) is 0.339. The third kappa shape index (κ3) is 3.50. The summed E-state index contributed by atoms with van der Waals surface area (Å²) in [5, 5.41) is 0. The first-order valence-electron chi connectivity index (χ1n) is 7.38. The van der Waals surface area contributed by atoms with Crippen LogP contribution in [-0.2, 0) is 16.4 Å². The van der Waals surface area contributed by atoms with E-state index in [1.54, 1.807) is 38.1 Å². The second-order valence-corrected chi connectivity index (χ2v) is 8.45. The third-order valence-corrected chi connectivity index (χ3v) is 6.60. The van der Waals surface area contributed by atoms with Crippen molar-refractivity contribution in [1.82, 2.24) is 0 Å². The van der Waals surface area contributed by atoms with Crippen molar-refractivity contribution in [2.45, 2.75) is 43.4 Å². The monoisotopic (exact) mass is 318 g/mol. The van der Waals surface area contributed by atoms with Crippen LogP contribution in [-0.4, -0.2) is 13.2 Å². The van der Waals surface area contributed by atoms with E-state index in [4.69, 9.17) is 4.74 Å². The Labute approximate surface area is 132 Å². The van der Waals surface area contributed by atoms with Gasteiger partial charge in [0.25, 0.3) is 0 Å². The van der Waals surface area contributed by atoms with Gasteiger partial charge in [0, 0.05) is 0 Å². The van der Waals surface area contributed by atoms with E-state index in [9.17, 15) is 8.42 Å². The molecule has 0 N–H and O–H groups in total. The highest BCUT2D eigenvalue weighted by Crippen LogP contribution is 2.29. The summed E-state index contributed by atoms with van der Waals surface area (Å²) < 4.78 is 30.0. The molecule has 0 radical (unpaired) electrons. The van der Waals surface area contributed by atoms with Gasteiger partial charge in [0.1, 0.15) is 12.4 Å². The largest absolute Gasteiger partial charge is 0.489 e. The second kappa shape index (κ2) is 6.53. The van der Waals surface area contributed by atoms with E-state index >= 15 is 0 Å². The molecule has 0 aliphatic rings. The summed E-state index contributed by atoms with van der Waals surface area (Å²) in [7, 11) is -3.33. The van der Waals surface area contributed by atoms with Gasteiger partial charge in [0.15, 0.2) is 9.84 Å². The Bertz CT molecular complexity index is 702. The Hall–Kier alpha value is -1.81. The molecule has 3 nitrogen and oxygen atoms in total. The molecule has 0 bridgehead atoms. The number of sulfone groups is 1. The van der Waals surface area contributed by atoms with Crippen molar-refractivity contribution in [1.29, 1.82) is 0 Å². The van der Waals surface area contributed by atoms with Crippen molar-refractivity contribution in [2.24, 2.45) is 0 Å². The fraction of sp³-hybridized carbons (Fsp3) is 0.333. The van der Waals surface area contributed by atoms with Crippen LogP contribution in [0.5, 0.6) is 5.75 Å². The Morgan fingerprint density at radius 1 is 0.955 bits per heavy atom. The lowest BCUT2D eigenvalue weighted by Crippen LogP contribution is -2.30. The van der Waals surface area contributed by atoms with Gasteiger partial charge in [-0.05, 0) is 50.1 Å². The van der Waals surface area contributed by atoms with Crippen LogP contribution in [0.1, 0.15) is 32.8 Å². The number of hydrogen-bond donors (Lipinski definition) is 0. The lowest BCUT2D eigenvalue weighted by Gasteiger charge is -2.23. The molecule has 0 unspecified atom stereocenters. The standard InChI is InChI=1S/C18H22O3S/c1-4-18(2,3)22(19,20)17-12-10-16(11-13-17)21-14-15-8-6-5-7-9-15/h5-13H,4,14H2,1-3H3. The molecule has 0 amide bonds. The van der Waals surface area contributed by atoms with E-state index < -0.39 is 14.6 Å². The highest BCUT2D eigenvalue weighted by atomic mass is 32.2. The zero-order chi connectivity index (χ0) is 16.2. The molecule has 0 heterocycles. The lowest BCUT2D eigenvalue weighted by atomic mass is 10.1. The molecule has 0 saturated heterocycles. The van der Waals surface area contributed by atoms with Crippen LogP contribution in [0.15, 0.2) is 59.5 Å². The van der Waals surface area contributed by atoms with Gasteiger partial charge in [-0.25, -0.2) is 8.42 Å². The molecule has 0 spiro atoms. The second-order valence-electron chi connectivity index (χ2n) is 5.86. The predicted molar refractivity (Wildman–Crippen MR) is 88.8 cm³/mol. The molecule has 0 atom stereocenters. The fourth-order valence-corrected chi connectivity index (χ4v) is 3.48. The van der Waals surface area contributed by atoms with Gasteiger partial charge in [0.2, 0.25) is 0 Å². The summed E-state index contributed by atoms with van der Waals surface area (Å²) in [6.07, 6.45) is 0.571. The van der Waals surface area contributed by atoms with Crippen molar-refractivity contribution in [3.8, 4) is 5.75 Å². The number of hydrogen-bond acceptors (Lipinski definition) is 3. The van der Waals surface area contributed by atoms with E-state index in [-0.39, 0.29) is 0 Å². The van der Waals surface area contributed by atoms with Gasteiger partial charge >= 0.3 is 0 Å². The molecular weight excluding hydrogens is 296 g/mol. The molecular formula is C18H22O3S. The maximum atomic E-state index is 12.5.